The summed E-state index contributed by atoms with van der Waals surface area (Å²) in [5.41, 5.74) is 0. The lowest BCUT2D eigenvalue weighted by Gasteiger charge is -2.14. The van der Waals surface area contributed by atoms with E-state index in [1.165, 1.54) is 0 Å². The average molecular weight is 214 g/mol. The van der Waals surface area contributed by atoms with Gasteiger partial charge in [-0.25, -0.2) is 0 Å². The molecule has 0 N–H and O–H groups in total. The van der Waals surface area contributed by atoms with E-state index in [0.717, 1.165) is 6.66 Å². The van der Waals surface area contributed by atoms with Gasteiger partial charge in [-0.15, -0.1) is 6.42 Å². The highest BCUT2D eigenvalue weighted by atomic mass is 31.2. The van der Waals surface area contributed by atoms with Crippen molar-refractivity contribution in [3.8, 4) is 12.3 Å². The molecule has 3 nitrogen and oxygen atoms in total. The molecule has 3 atom stereocenters. The summed E-state index contributed by atoms with van der Waals surface area (Å²) >= 11 is 0. The molecule has 0 aromatic heterocycles. The van der Waals surface area contributed by atoms with Gasteiger partial charge in [0.2, 0.25) is 0 Å². The predicted molar refractivity (Wildman–Crippen MR) is 38.2 cm³/mol. The Bertz CT molecular complexity index is 292. The summed E-state index contributed by atoms with van der Waals surface area (Å²) in [5, 5.41) is 0. The minimum Gasteiger partial charge on any atom is -0.292 e. The van der Waals surface area contributed by atoms with Gasteiger partial charge in [0.25, 0.3) is 0 Å². The Hall–Kier alpha value is -0.500. The van der Waals surface area contributed by atoms with Crippen molar-refractivity contribution in [1.29, 1.82) is 0 Å². The van der Waals surface area contributed by atoms with Crippen LogP contribution >= 0.6 is 7.60 Å². The smallest absolute Gasteiger partial charge is 0.292 e. The fourth-order valence-corrected chi connectivity index (χ4v) is 2.17. The van der Waals surface area contributed by atoms with E-state index in [4.69, 9.17) is 6.42 Å². The molecule has 1 saturated heterocycles. The molecule has 0 aromatic rings. The molecule has 1 heterocycles. The number of hydrogen-bond acceptors (Lipinski definition) is 3. The van der Waals surface area contributed by atoms with Gasteiger partial charge in [-0.2, -0.15) is 13.2 Å². The number of rotatable bonds is 0. The Kier molecular flexibility index (Phi) is 2.46. The standard InChI is InChI=1S/C6H6F3O3P/c1-3-4-5(6(7,8)9)12-13(2,10)11-4/h1,4-5H,2H3. The van der Waals surface area contributed by atoms with Crippen LogP contribution in [0.2, 0.25) is 0 Å². The lowest BCUT2D eigenvalue weighted by atomic mass is 10.2. The van der Waals surface area contributed by atoms with Crippen molar-refractivity contribution in [3.05, 3.63) is 0 Å². The van der Waals surface area contributed by atoms with Gasteiger partial charge in [-0.05, 0) is 0 Å². The molecule has 0 aliphatic carbocycles. The summed E-state index contributed by atoms with van der Waals surface area (Å²) in [5.74, 6) is 1.74. The second kappa shape index (κ2) is 3.02. The lowest BCUT2D eigenvalue weighted by molar-refractivity contribution is -0.195. The molecule has 0 spiro atoms. The maximum absolute atomic E-state index is 12.1. The summed E-state index contributed by atoms with van der Waals surface area (Å²) in [6.07, 6.45) is -3.79. The summed E-state index contributed by atoms with van der Waals surface area (Å²) in [6, 6.07) is 0. The van der Waals surface area contributed by atoms with Crippen LogP contribution in [0, 0.1) is 12.3 Å². The van der Waals surface area contributed by atoms with Crippen molar-refractivity contribution >= 4 is 7.60 Å². The van der Waals surface area contributed by atoms with Gasteiger partial charge in [0, 0.05) is 6.66 Å². The zero-order valence-corrected chi connectivity index (χ0v) is 7.43. The molecule has 7 heteroatoms. The van der Waals surface area contributed by atoms with E-state index in [-0.39, 0.29) is 0 Å². The highest BCUT2D eigenvalue weighted by Crippen LogP contribution is 2.55. The van der Waals surface area contributed by atoms with Gasteiger partial charge in [0.15, 0.2) is 12.2 Å². The zero-order chi connectivity index (χ0) is 10.3. The molecule has 0 aromatic carbocycles. The second-order valence-corrected chi connectivity index (χ2v) is 4.50. The van der Waals surface area contributed by atoms with E-state index in [0.29, 0.717) is 0 Å². The van der Waals surface area contributed by atoms with Gasteiger partial charge in [0.1, 0.15) is 0 Å². The number of terminal acetylenes is 1. The maximum Gasteiger partial charge on any atom is 0.418 e. The molecule has 0 amide bonds. The summed E-state index contributed by atoms with van der Waals surface area (Å²) < 4.78 is 56.0. The van der Waals surface area contributed by atoms with E-state index in [9.17, 15) is 17.7 Å². The predicted octanol–water partition coefficient (Wildman–Crippen LogP) is 1.79. The van der Waals surface area contributed by atoms with Crippen molar-refractivity contribution < 1.29 is 26.8 Å². The minimum absolute atomic E-state index is 0.948. The van der Waals surface area contributed by atoms with Crippen LogP contribution < -0.4 is 0 Å². The quantitative estimate of drug-likeness (QED) is 0.455. The molecular formula is C6H6F3O3P. The Morgan fingerprint density at radius 3 is 2.31 bits per heavy atom. The first-order valence-corrected chi connectivity index (χ1v) is 5.22. The molecular weight excluding hydrogens is 208 g/mol. The van der Waals surface area contributed by atoms with Crippen LogP contribution in [0.1, 0.15) is 0 Å². The van der Waals surface area contributed by atoms with Gasteiger partial charge < -0.3 is 0 Å². The number of halogens is 3. The molecule has 13 heavy (non-hydrogen) atoms. The number of alkyl halides is 3. The van der Waals surface area contributed by atoms with E-state index in [2.05, 4.69) is 9.05 Å². The van der Waals surface area contributed by atoms with Crippen molar-refractivity contribution in [3.63, 3.8) is 0 Å². The molecule has 0 bridgehead atoms. The Morgan fingerprint density at radius 1 is 1.46 bits per heavy atom. The van der Waals surface area contributed by atoms with E-state index in [1.807, 2.05) is 0 Å². The fraction of sp³-hybridized carbons (Fsp3) is 0.667. The van der Waals surface area contributed by atoms with E-state index < -0.39 is 26.0 Å². The second-order valence-electron chi connectivity index (χ2n) is 2.53. The van der Waals surface area contributed by atoms with Crippen molar-refractivity contribution in [1.82, 2.24) is 0 Å². The molecule has 74 valence electrons. The Labute approximate surface area is 72.7 Å². The SMILES string of the molecule is C#CC1OP(C)(=O)OC1C(F)(F)F. The Morgan fingerprint density at radius 2 is 2.00 bits per heavy atom. The summed E-state index contributed by atoms with van der Waals surface area (Å²) in [4.78, 5) is 0. The van der Waals surface area contributed by atoms with Gasteiger partial charge in [-0.1, -0.05) is 5.92 Å². The highest BCUT2D eigenvalue weighted by Gasteiger charge is 2.55. The van der Waals surface area contributed by atoms with Gasteiger partial charge >= 0.3 is 13.8 Å². The van der Waals surface area contributed by atoms with Crippen molar-refractivity contribution in [2.45, 2.75) is 18.4 Å². The lowest BCUT2D eigenvalue weighted by Crippen LogP contribution is -2.36. The third kappa shape index (κ3) is 2.25. The monoisotopic (exact) mass is 214 g/mol. The van der Waals surface area contributed by atoms with Crippen LogP contribution in [0.4, 0.5) is 13.2 Å². The fourth-order valence-electron chi connectivity index (χ4n) is 0.897. The summed E-state index contributed by atoms with van der Waals surface area (Å²) in [6.45, 7) is 0.948. The van der Waals surface area contributed by atoms with Crippen LogP contribution in [-0.2, 0) is 13.6 Å². The molecule has 0 saturated carbocycles. The van der Waals surface area contributed by atoms with Gasteiger partial charge in [-0.3, -0.25) is 13.6 Å². The van der Waals surface area contributed by atoms with Crippen LogP contribution in [0.15, 0.2) is 0 Å². The average Bonchev–Trinajstić information content (AvgIpc) is 2.24. The van der Waals surface area contributed by atoms with Crippen molar-refractivity contribution in [2.75, 3.05) is 6.66 Å². The molecule has 3 unspecified atom stereocenters. The van der Waals surface area contributed by atoms with Crippen molar-refractivity contribution in [2.24, 2.45) is 0 Å². The molecule has 1 aliphatic heterocycles. The molecule has 1 fully saturated rings. The maximum atomic E-state index is 12.1. The highest BCUT2D eigenvalue weighted by molar-refractivity contribution is 7.53. The molecule has 1 aliphatic rings. The topological polar surface area (TPSA) is 35.5 Å². The van der Waals surface area contributed by atoms with Crippen LogP contribution in [0.5, 0.6) is 0 Å². The normalized spacial score (nSPS) is 40.2. The first-order valence-electron chi connectivity index (χ1n) is 3.23. The first kappa shape index (κ1) is 10.6. The van der Waals surface area contributed by atoms with E-state index in [1.54, 1.807) is 5.92 Å². The van der Waals surface area contributed by atoms with Crippen LogP contribution in [-0.4, -0.2) is 25.0 Å². The third-order valence-electron chi connectivity index (χ3n) is 1.37. The Balaban J connectivity index is 2.89. The third-order valence-corrected chi connectivity index (χ3v) is 2.59. The van der Waals surface area contributed by atoms with Gasteiger partial charge in [0.05, 0.1) is 0 Å². The van der Waals surface area contributed by atoms with Crippen LogP contribution in [0.25, 0.3) is 0 Å². The van der Waals surface area contributed by atoms with Crippen LogP contribution in [0.3, 0.4) is 0 Å². The molecule has 0 radical (unpaired) electrons. The number of hydrogen-bond donors (Lipinski definition) is 0. The zero-order valence-electron chi connectivity index (χ0n) is 6.54. The largest absolute Gasteiger partial charge is 0.418 e. The minimum atomic E-state index is -4.65. The van der Waals surface area contributed by atoms with E-state index >= 15 is 0 Å². The first-order chi connectivity index (χ1) is 5.76. The molecule has 1 rings (SSSR count). The summed E-state index contributed by atoms with van der Waals surface area (Å²) in [7, 11) is -3.63.